The number of urea groups is 1. The third-order valence-corrected chi connectivity index (χ3v) is 5.34. The number of amides is 3. The van der Waals surface area contributed by atoms with Crippen LogP contribution in [-0.4, -0.2) is 46.9 Å². The van der Waals surface area contributed by atoms with E-state index < -0.39 is 18.2 Å². The first-order valence-corrected chi connectivity index (χ1v) is 11.6. The molecule has 174 valence electrons. The van der Waals surface area contributed by atoms with E-state index >= 15 is 0 Å². The number of oxazole rings is 1. The highest BCUT2D eigenvalue weighted by atomic mass is 32.2. The Morgan fingerprint density at radius 2 is 1.97 bits per heavy atom. The van der Waals surface area contributed by atoms with Gasteiger partial charge >= 0.3 is 12.1 Å². The van der Waals surface area contributed by atoms with Crippen LogP contribution in [0.3, 0.4) is 0 Å². The molecule has 0 saturated heterocycles. The number of thioether (sulfide) groups is 1. The first-order valence-electron chi connectivity index (χ1n) is 10.2. The van der Waals surface area contributed by atoms with Gasteiger partial charge in [0.1, 0.15) is 6.10 Å². The van der Waals surface area contributed by atoms with Crippen LogP contribution in [0.2, 0.25) is 0 Å². The number of aromatic nitrogens is 1. The maximum absolute atomic E-state index is 12.4. The predicted octanol–water partition coefficient (Wildman–Crippen LogP) is 4.24. The number of benzene rings is 2. The minimum Gasteiger partial charge on any atom is -0.444 e. The van der Waals surface area contributed by atoms with Crippen LogP contribution in [0.4, 0.5) is 21.0 Å². The third kappa shape index (κ3) is 7.26. The number of rotatable bonds is 9. The molecule has 0 bridgehead atoms. The van der Waals surface area contributed by atoms with Crippen molar-refractivity contribution >= 4 is 35.3 Å². The molecule has 0 fully saturated rings. The van der Waals surface area contributed by atoms with Gasteiger partial charge in [-0.2, -0.15) is 11.8 Å². The molecule has 33 heavy (non-hydrogen) atoms. The van der Waals surface area contributed by atoms with Crippen molar-refractivity contribution < 1.29 is 23.8 Å². The van der Waals surface area contributed by atoms with E-state index in [9.17, 15) is 14.7 Å². The highest BCUT2D eigenvalue weighted by Gasteiger charge is 2.13. The number of alkyl carbamates (subject to hydrolysis) is 1. The number of ether oxygens (including phenoxy) is 1. The zero-order valence-electron chi connectivity index (χ0n) is 18.3. The van der Waals surface area contributed by atoms with Crippen molar-refractivity contribution in [2.24, 2.45) is 0 Å². The van der Waals surface area contributed by atoms with Crippen LogP contribution in [0.1, 0.15) is 11.1 Å². The molecule has 3 aromatic rings. The van der Waals surface area contributed by atoms with E-state index in [2.05, 4.69) is 20.9 Å². The second-order valence-electron chi connectivity index (χ2n) is 7.19. The van der Waals surface area contributed by atoms with Crippen LogP contribution in [0.5, 0.6) is 0 Å². The summed E-state index contributed by atoms with van der Waals surface area (Å²) < 4.78 is 10.5. The summed E-state index contributed by atoms with van der Waals surface area (Å²) in [4.78, 5) is 28.3. The normalized spacial score (nSPS) is 11.5. The highest BCUT2D eigenvalue weighted by Crippen LogP contribution is 2.25. The zero-order chi connectivity index (χ0) is 23.6. The summed E-state index contributed by atoms with van der Waals surface area (Å²) >= 11 is 1.48. The molecule has 3 rings (SSSR count). The fraction of sp³-hybridized carbons (Fsp3) is 0.261. The fourth-order valence-corrected chi connectivity index (χ4v) is 3.64. The number of nitrogens with one attached hydrogen (secondary N) is 3. The van der Waals surface area contributed by atoms with Gasteiger partial charge in [0.15, 0.2) is 12.2 Å². The second kappa shape index (κ2) is 11.9. The molecule has 0 spiro atoms. The molecule has 3 amide bonds. The van der Waals surface area contributed by atoms with E-state index in [0.29, 0.717) is 22.9 Å². The number of aliphatic hydroxyl groups excluding tert-OH is 1. The molecule has 1 atom stereocenters. The van der Waals surface area contributed by atoms with Crippen LogP contribution in [-0.2, 0) is 11.3 Å². The molecule has 0 aliphatic carbocycles. The number of hydrogen-bond donors (Lipinski definition) is 4. The van der Waals surface area contributed by atoms with Gasteiger partial charge < -0.3 is 30.2 Å². The Bertz CT molecular complexity index is 1070. The van der Waals surface area contributed by atoms with Gasteiger partial charge in [-0.3, -0.25) is 0 Å². The molecular weight excluding hydrogens is 444 g/mol. The van der Waals surface area contributed by atoms with E-state index in [1.165, 1.54) is 18.2 Å². The summed E-state index contributed by atoms with van der Waals surface area (Å²) in [5.41, 5.74) is 3.83. The molecule has 0 radical (unpaired) electrons. The maximum atomic E-state index is 12.4. The van der Waals surface area contributed by atoms with Gasteiger partial charge in [0.25, 0.3) is 0 Å². The number of anilines is 2. The lowest BCUT2D eigenvalue weighted by Gasteiger charge is -2.15. The molecule has 2 aromatic carbocycles. The summed E-state index contributed by atoms with van der Waals surface area (Å²) in [6, 6.07) is 12.2. The lowest BCUT2D eigenvalue weighted by atomic mass is 10.1. The van der Waals surface area contributed by atoms with Crippen LogP contribution < -0.4 is 16.0 Å². The van der Waals surface area contributed by atoms with Crippen LogP contribution in [0.15, 0.2) is 59.5 Å². The molecule has 9 nitrogen and oxygen atoms in total. The van der Waals surface area contributed by atoms with Crippen LogP contribution >= 0.6 is 11.8 Å². The lowest BCUT2D eigenvalue weighted by Crippen LogP contribution is -2.31. The van der Waals surface area contributed by atoms with Crippen LogP contribution in [0.25, 0.3) is 11.3 Å². The van der Waals surface area contributed by atoms with Crippen molar-refractivity contribution in [3.05, 3.63) is 66.2 Å². The molecular formula is C23H26N4O5S. The fourth-order valence-electron chi connectivity index (χ4n) is 3.10. The molecule has 0 aliphatic rings. The lowest BCUT2D eigenvalue weighted by molar-refractivity contribution is 0.0703. The minimum absolute atomic E-state index is 0.218. The summed E-state index contributed by atoms with van der Waals surface area (Å²) in [5, 5.41) is 17.4. The SMILES string of the molecule is CSCC(CO)OC(=O)NCc1cccc(NC(=O)Nc2ccc(-c3cnco3)c(C)c2)c1. The molecule has 1 heterocycles. The third-order valence-electron chi connectivity index (χ3n) is 4.63. The smallest absolute Gasteiger partial charge is 0.407 e. The summed E-state index contributed by atoms with van der Waals surface area (Å²) in [7, 11) is 0. The van der Waals surface area contributed by atoms with Crippen molar-refractivity contribution in [2.45, 2.75) is 19.6 Å². The van der Waals surface area contributed by atoms with Gasteiger partial charge in [0.05, 0.1) is 12.8 Å². The Kier molecular flexibility index (Phi) is 8.73. The van der Waals surface area contributed by atoms with Crippen molar-refractivity contribution in [3.8, 4) is 11.3 Å². The monoisotopic (exact) mass is 470 g/mol. The Hall–Kier alpha value is -3.50. The molecule has 1 unspecified atom stereocenters. The van der Waals surface area contributed by atoms with Gasteiger partial charge in [0.2, 0.25) is 0 Å². The predicted molar refractivity (Wildman–Crippen MR) is 128 cm³/mol. The van der Waals surface area contributed by atoms with Gasteiger partial charge in [-0.25, -0.2) is 14.6 Å². The highest BCUT2D eigenvalue weighted by molar-refractivity contribution is 7.98. The summed E-state index contributed by atoms with van der Waals surface area (Å²) in [6.07, 6.45) is 3.72. The standard InChI is InChI=1S/C23H26N4O5S/c1-15-8-18(6-7-20(15)21-11-24-14-31-21)27-22(29)26-17-5-3-4-16(9-17)10-25-23(30)32-19(12-28)13-33-2/h3-9,11,14,19,28H,10,12-13H2,1-2H3,(H,25,30)(H2,26,27,29). The number of nitrogens with zero attached hydrogens (tertiary/aromatic N) is 1. The maximum Gasteiger partial charge on any atom is 0.407 e. The van der Waals surface area contributed by atoms with Crippen molar-refractivity contribution in [1.82, 2.24) is 10.3 Å². The van der Waals surface area contributed by atoms with Crippen molar-refractivity contribution in [3.63, 3.8) is 0 Å². The van der Waals surface area contributed by atoms with Gasteiger partial charge in [-0.15, -0.1) is 0 Å². The average molecular weight is 471 g/mol. The number of carbonyl (C=O) groups is 2. The van der Waals surface area contributed by atoms with E-state index in [-0.39, 0.29) is 13.2 Å². The Morgan fingerprint density at radius 1 is 1.18 bits per heavy atom. The van der Waals surface area contributed by atoms with Crippen LogP contribution in [0, 0.1) is 6.92 Å². The van der Waals surface area contributed by atoms with Crippen molar-refractivity contribution in [2.75, 3.05) is 29.2 Å². The second-order valence-corrected chi connectivity index (χ2v) is 8.10. The Labute approximate surface area is 195 Å². The first kappa shape index (κ1) is 24.1. The average Bonchev–Trinajstić information content (AvgIpc) is 3.32. The Morgan fingerprint density at radius 3 is 2.64 bits per heavy atom. The number of aryl methyl sites for hydroxylation is 1. The number of carbonyl (C=O) groups excluding carboxylic acids is 2. The van der Waals surface area contributed by atoms with Gasteiger partial charge in [0, 0.05) is 29.2 Å². The molecule has 0 aliphatic heterocycles. The van der Waals surface area contributed by atoms with E-state index in [1.54, 1.807) is 30.5 Å². The molecule has 4 N–H and O–H groups in total. The first-order chi connectivity index (χ1) is 16.0. The minimum atomic E-state index is -0.608. The Balaban J connectivity index is 1.53. The topological polar surface area (TPSA) is 126 Å². The number of hydrogen-bond acceptors (Lipinski definition) is 7. The number of aliphatic hydroxyl groups is 1. The van der Waals surface area contributed by atoms with E-state index in [1.807, 2.05) is 31.4 Å². The zero-order valence-corrected chi connectivity index (χ0v) is 19.1. The van der Waals surface area contributed by atoms with E-state index in [4.69, 9.17) is 9.15 Å². The summed E-state index contributed by atoms with van der Waals surface area (Å²) in [5.74, 6) is 1.18. The molecule has 10 heteroatoms. The molecule has 0 saturated carbocycles. The molecule has 1 aromatic heterocycles. The van der Waals surface area contributed by atoms with Crippen molar-refractivity contribution in [1.29, 1.82) is 0 Å². The van der Waals surface area contributed by atoms with Gasteiger partial charge in [-0.1, -0.05) is 12.1 Å². The summed E-state index contributed by atoms with van der Waals surface area (Å²) in [6.45, 7) is 1.91. The van der Waals surface area contributed by atoms with E-state index in [0.717, 1.165) is 16.7 Å². The van der Waals surface area contributed by atoms with Gasteiger partial charge in [-0.05, 0) is 54.6 Å². The largest absolute Gasteiger partial charge is 0.444 e. The quantitative estimate of drug-likeness (QED) is 0.368.